The summed E-state index contributed by atoms with van der Waals surface area (Å²) in [7, 11) is 0. The molecule has 1 aromatic carbocycles. The maximum absolute atomic E-state index is 13.0. The highest BCUT2D eigenvalue weighted by Gasteiger charge is 2.15. The summed E-state index contributed by atoms with van der Waals surface area (Å²) in [5.74, 6) is -4.86. The minimum absolute atomic E-state index is 0.0725. The molecule has 6 heteroatoms. The van der Waals surface area contributed by atoms with E-state index in [4.69, 9.17) is 0 Å². The average Bonchev–Trinajstić information content (AvgIpc) is 2.35. The fourth-order valence-electron chi connectivity index (χ4n) is 1.56. The summed E-state index contributed by atoms with van der Waals surface area (Å²) in [6.07, 6.45) is 2.95. The van der Waals surface area contributed by atoms with Crippen LogP contribution < -0.4 is 0 Å². The molecule has 0 aliphatic rings. The second-order valence-electron chi connectivity index (χ2n) is 3.87. The molecule has 2 aromatic rings. The summed E-state index contributed by atoms with van der Waals surface area (Å²) >= 11 is 3.20. The van der Waals surface area contributed by atoms with Crippen LogP contribution in [0.25, 0.3) is 0 Å². The Bertz CT molecular complexity index is 623. The van der Waals surface area contributed by atoms with Crippen LogP contribution in [0.5, 0.6) is 0 Å². The van der Waals surface area contributed by atoms with Crippen molar-refractivity contribution in [3.63, 3.8) is 0 Å². The third kappa shape index (κ3) is 3.20. The lowest BCUT2D eigenvalue weighted by Gasteiger charge is -2.03. The van der Waals surface area contributed by atoms with Gasteiger partial charge in [0.25, 0.3) is 0 Å². The van der Waals surface area contributed by atoms with Crippen molar-refractivity contribution in [1.29, 1.82) is 0 Å². The molecule has 0 N–H and O–H groups in total. The Balaban J connectivity index is 2.25. The lowest BCUT2D eigenvalue weighted by molar-refractivity contribution is 0.0991. The number of hydrogen-bond acceptors (Lipinski definition) is 2. The van der Waals surface area contributed by atoms with E-state index in [0.717, 1.165) is 0 Å². The topological polar surface area (TPSA) is 30.0 Å². The van der Waals surface area contributed by atoms with Crippen LogP contribution >= 0.6 is 15.9 Å². The molecule has 0 aliphatic heterocycles. The van der Waals surface area contributed by atoms with Crippen LogP contribution in [0.1, 0.15) is 15.9 Å². The van der Waals surface area contributed by atoms with Gasteiger partial charge < -0.3 is 0 Å². The lowest BCUT2D eigenvalue weighted by atomic mass is 10.0. The third-order valence-electron chi connectivity index (χ3n) is 2.43. The maximum atomic E-state index is 13.0. The number of hydrogen-bond donors (Lipinski definition) is 0. The van der Waals surface area contributed by atoms with Gasteiger partial charge in [-0.1, -0.05) is 0 Å². The Hall–Kier alpha value is -1.69. The Morgan fingerprint density at radius 1 is 1.11 bits per heavy atom. The summed E-state index contributed by atoms with van der Waals surface area (Å²) in [5, 5.41) is 0. The molecule has 1 heterocycles. The highest BCUT2D eigenvalue weighted by atomic mass is 79.9. The number of carbonyl (C=O) groups is 1. The Morgan fingerprint density at radius 3 is 2.32 bits per heavy atom. The number of ketones is 1. The van der Waals surface area contributed by atoms with E-state index in [1.165, 1.54) is 6.20 Å². The fourth-order valence-corrected chi connectivity index (χ4v) is 1.97. The highest BCUT2D eigenvalue weighted by molar-refractivity contribution is 9.10. The van der Waals surface area contributed by atoms with Gasteiger partial charge in [-0.3, -0.25) is 9.78 Å². The van der Waals surface area contributed by atoms with E-state index in [9.17, 15) is 18.0 Å². The van der Waals surface area contributed by atoms with Crippen LogP contribution in [0.4, 0.5) is 13.2 Å². The molecule has 0 unspecified atom stereocenters. The van der Waals surface area contributed by atoms with Crippen molar-refractivity contribution >= 4 is 21.7 Å². The van der Waals surface area contributed by atoms with E-state index < -0.39 is 23.2 Å². The molecule has 2 rings (SSSR count). The largest absolute Gasteiger partial charge is 0.294 e. The molecule has 1 aromatic heterocycles. The zero-order valence-electron chi connectivity index (χ0n) is 9.46. The van der Waals surface area contributed by atoms with Gasteiger partial charge in [0, 0.05) is 28.9 Å². The monoisotopic (exact) mass is 329 g/mol. The molecule has 0 atom stereocenters. The van der Waals surface area contributed by atoms with E-state index in [1.807, 2.05) is 0 Å². The average molecular weight is 330 g/mol. The van der Waals surface area contributed by atoms with Crippen LogP contribution in [0.15, 0.2) is 35.1 Å². The number of rotatable bonds is 3. The Kier molecular flexibility index (Phi) is 3.99. The molecule has 98 valence electrons. The van der Waals surface area contributed by atoms with Crippen LogP contribution in [0, 0.1) is 17.5 Å². The van der Waals surface area contributed by atoms with Crippen molar-refractivity contribution in [3.8, 4) is 0 Å². The predicted molar refractivity (Wildman–Crippen MR) is 66.3 cm³/mol. The standard InChI is InChI=1S/C13H7BrF3NO/c14-9-1-7(5-18-6-9)2-12(19)8-3-10(15)13(17)11(16)4-8/h1,3-6H,2H2. The number of benzene rings is 1. The zero-order chi connectivity index (χ0) is 14.0. The molecule has 0 radical (unpaired) electrons. The first-order chi connectivity index (χ1) is 8.97. The molecule has 0 spiro atoms. The second kappa shape index (κ2) is 5.52. The molecular weight excluding hydrogens is 323 g/mol. The van der Waals surface area contributed by atoms with Crippen molar-refractivity contribution in [3.05, 3.63) is 63.6 Å². The van der Waals surface area contributed by atoms with Gasteiger partial charge in [-0.15, -0.1) is 0 Å². The summed E-state index contributed by atoms with van der Waals surface area (Å²) < 4.78 is 39.5. The Morgan fingerprint density at radius 2 is 1.74 bits per heavy atom. The number of halogens is 4. The Labute approximate surface area is 115 Å². The van der Waals surface area contributed by atoms with Gasteiger partial charge in [0.1, 0.15) is 0 Å². The lowest BCUT2D eigenvalue weighted by Crippen LogP contribution is -2.06. The third-order valence-corrected chi connectivity index (χ3v) is 2.87. The van der Waals surface area contributed by atoms with E-state index >= 15 is 0 Å². The van der Waals surface area contributed by atoms with Crippen LogP contribution in [-0.2, 0) is 6.42 Å². The van der Waals surface area contributed by atoms with Gasteiger partial charge in [-0.2, -0.15) is 0 Å². The second-order valence-corrected chi connectivity index (χ2v) is 4.78. The van der Waals surface area contributed by atoms with Gasteiger partial charge in [-0.05, 0) is 39.7 Å². The first kappa shape index (κ1) is 13.7. The normalized spacial score (nSPS) is 10.5. The summed E-state index contributed by atoms with van der Waals surface area (Å²) in [4.78, 5) is 15.7. The first-order valence-corrected chi connectivity index (χ1v) is 6.04. The number of carbonyl (C=O) groups excluding carboxylic acids is 1. The molecule has 0 saturated heterocycles. The van der Waals surface area contributed by atoms with Crippen molar-refractivity contribution < 1.29 is 18.0 Å². The number of aromatic nitrogens is 1. The molecule has 0 amide bonds. The van der Waals surface area contributed by atoms with Crippen LogP contribution in [0.2, 0.25) is 0 Å². The van der Waals surface area contributed by atoms with Gasteiger partial charge in [0.05, 0.1) is 0 Å². The molecular formula is C13H7BrF3NO. The highest BCUT2D eigenvalue weighted by Crippen LogP contribution is 2.16. The fraction of sp³-hybridized carbons (Fsp3) is 0.0769. The maximum Gasteiger partial charge on any atom is 0.194 e. The van der Waals surface area contributed by atoms with E-state index in [1.54, 1.807) is 12.3 Å². The van der Waals surface area contributed by atoms with Crippen molar-refractivity contribution in [2.45, 2.75) is 6.42 Å². The summed E-state index contributed by atoms with van der Waals surface area (Å²) in [5.41, 5.74) is 0.376. The van der Waals surface area contributed by atoms with E-state index in [0.29, 0.717) is 22.2 Å². The van der Waals surface area contributed by atoms with Crippen molar-refractivity contribution in [2.75, 3.05) is 0 Å². The predicted octanol–water partition coefficient (Wildman–Crippen LogP) is 3.69. The molecule has 0 bridgehead atoms. The van der Waals surface area contributed by atoms with E-state index in [2.05, 4.69) is 20.9 Å². The first-order valence-electron chi connectivity index (χ1n) is 5.24. The molecule has 19 heavy (non-hydrogen) atoms. The summed E-state index contributed by atoms with van der Waals surface area (Å²) in [6, 6.07) is 3.04. The minimum Gasteiger partial charge on any atom is -0.294 e. The quantitative estimate of drug-likeness (QED) is 0.635. The number of pyridine rings is 1. The number of nitrogens with zero attached hydrogens (tertiary/aromatic N) is 1. The van der Waals surface area contributed by atoms with Gasteiger partial charge in [-0.25, -0.2) is 13.2 Å². The number of Topliss-reactive ketones (excluding diaryl/α,β-unsaturated/α-hetero) is 1. The molecule has 0 fully saturated rings. The minimum atomic E-state index is -1.58. The SMILES string of the molecule is O=C(Cc1cncc(Br)c1)c1cc(F)c(F)c(F)c1. The van der Waals surface area contributed by atoms with Crippen LogP contribution in [-0.4, -0.2) is 10.8 Å². The molecule has 2 nitrogen and oxygen atoms in total. The smallest absolute Gasteiger partial charge is 0.194 e. The van der Waals surface area contributed by atoms with Gasteiger partial charge in [0.2, 0.25) is 0 Å². The molecule has 0 aliphatic carbocycles. The van der Waals surface area contributed by atoms with E-state index in [-0.39, 0.29) is 12.0 Å². The van der Waals surface area contributed by atoms with Crippen molar-refractivity contribution in [2.24, 2.45) is 0 Å². The molecule has 0 saturated carbocycles. The zero-order valence-corrected chi connectivity index (χ0v) is 11.0. The van der Waals surface area contributed by atoms with Crippen molar-refractivity contribution in [1.82, 2.24) is 4.98 Å². The van der Waals surface area contributed by atoms with Gasteiger partial charge >= 0.3 is 0 Å². The van der Waals surface area contributed by atoms with Crippen LogP contribution in [0.3, 0.4) is 0 Å². The summed E-state index contributed by atoms with van der Waals surface area (Å²) in [6.45, 7) is 0. The van der Waals surface area contributed by atoms with Gasteiger partial charge in [0.15, 0.2) is 23.2 Å².